The van der Waals surface area contributed by atoms with Crippen molar-refractivity contribution in [3.05, 3.63) is 34.4 Å². The van der Waals surface area contributed by atoms with E-state index in [2.05, 4.69) is 19.1 Å². The molecule has 0 aromatic heterocycles. The Morgan fingerprint density at radius 3 is 2.75 bits per heavy atom. The van der Waals surface area contributed by atoms with Gasteiger partial charge in [-0.2, -0.15) is 0 Å². The minimum Gasteiger partial charge on any atom is -0.393 e. The zero-order valence-electron chi connectivity index (χ0n) is 12.2. The molecule has 0 saturated heterocycles. The fourth-order valence-electron chi connectivity index (χ4n) is 5.01. The highest BCUT2D eigenvalue weighted by atomic mass is 16.3. The highest BCUT2D eigenvalue weighted by Gasteiger charge is 2.49. The van der Waals surface area contributed by atoms with E-state index in [4.69, 9.17) is 0 Å². The minimum absolute atomic E-state index is 0.0927. The number of benzene rings is 1. The van der Waals surface area contributed by atoms with E-state index < -0.39 is 0 Å². The van der Waals surface area contributed by atoms with Crippen molar-refractivity contribution in [2.45, 2.75) is 70.0 Å². The van der Waals surface area contributed by atoms with E-state index in [9.17, 15) is 10.2 Å². The average Bonchev–Trinajstić information content (AvgIpc) is 2.74. The third-order valence-electron chi connectivity index (χ3n) is 6.32. The van der Waals surface area contributed by atoms with Crippen LogP contribution in [0.15, 0.2) is 12.1 Å². The minimum atomic E-state index is -0.150. The van der Waals surface area contributed by atoms with Crippen LogP contribution in [0.5, 0.6) is 0 Å². The van der Waals surface area contributed by atoms with Gasteiger partial charge in [-0.3, -0.25) is 0 Å². The first-order valence-corrected chi connectivity index (χ1v) is 8.09. The molecule has 1 aromatic rings. The van der Waals surface area contributed by atoms with Crippen LogP contribution in [0.1, 0.15) is 60.8 Å². The maximum absolute atomic E-state index is 10.3. The Morgan fingerprint density at radius 2 is 1.90 bits per heavy atom. The molecule has 0 amide bonds. The molecule has 2 unspecified atom stereocenters. The first-order valence-electron chi connectivity index (χ1n) is 8.09. The summed E-state index contributed by atoms with van der Waals surface area (Å²) in [7, 11) is 0. The molecule has 2 nitrogen and oxygen atoms in total. The lowest BCUT2D eigenvalue weighted by molar-refractivity contribution is 0.0455. The molecular formula is C18H24O2. The van der Waals surface area contributed by atoms with Crippen LogP contribution in [0.25, 0.3) is 0 Å². The molecule has 3 aliphatic rings. The van der Waals surface area contributed by atoms with Gasteiger partial charge in [0.25, 0.3) is 0 Å². The third kappa shape index (κ3) is 1.64. The lowest BCUT2D eigenvalue weighted by atomic mass is 9.64. The van der Waals surface area contributed by atoms with E-state index in [0.29, 0.717) is 5.92 Å². The number of rotatable bonds is 0. The van der Waals surface area contributed by atoms with E-state index in [1.54, 1.807) is 5.56 Å². The van der Waals surface area contributed by atoms with E-state index >= 15 is 0 Å². The molecule has 1 fully saturated rings. The monoisotopic (exact) mass is 272 g/mol. The molecule has 0 heterocycles. The topological polar surface area (TPSA) is 40.5 Å². The van der Waals surface area contributed by atoms with Crippen LogP contribution in [-0.2, 0) is 19.3 Å². The number of fused-ring (bicyclic) bond motifs is 5. The van der Waals surface area contributed by atoms with Gasteiger partial charge in [-0.05, 0) is 73.1 Å². The standard InChI is InChI=1S/C18H24O2/c1-18-9-8-14-13-5-3-12(19)10-11(13)2-4-15(14)16(18)6-7-17(18)20/h2,4,12,16-17,19-20H,3,5-10H2,1H3/t12-,16?,17-,18?/m0/s1. The second kappa shape index (κ2) is 4.32. The summed E-state index contributed by atoms with van der Waals surface area (Å²) in [6, 6.07) is 4.54. The van der Waals surface area contributed by atoms with Gasteiger partial charge in [0.1, 0.15) is 0 Å². The predicted octanol–water partition coefficient (Wildman–Crippen LogP) is 2.73. The Kier molecular flexibility index (Phi) is 2.77. The van der Waals surface area contributed by atoms with Crippen LogP contribution >= 0.6 is 0 Å². The Bertz CT molecular complexity index is 551. The normalized spacial score (nSPS) is 39.0. The Labute approximate surface area is 120 Å². The van der Waals surface area contributed by atoms with E-state index in [1.165, 1.54) is 16.7 Å². The molecule has 3 aliphatic carbocycles. The zero-order chi connectivity index (χ0) is 13.9. The fourth-order valence-corrected chi connectivity index (χ4v) is 5.01. The predicted molar refractivity (Wildman–Crippen MR) is 78.9 cm³/mol. The molecule has 1 saturated carbocycles. The van der Waals surface area contributed by atoms with Crippen molar-refractivity contribution in [1.29, 1.82) is 0 Å². The summed E-state index contributed by atoms with van der Waals surface area (Å²) in [6.45, 7) is 2.28. The van der Waals surface area contributed by atoms with E-state index in [-0.39, 0.29) is 17.6 Å². The van der Waals surface area contributed by atoms with Crippen LogP contribution in [0, 0.1) is 5.41 Å². The van der Waals surface area contributed by atoms with E-state index in [0.717, 1.165) is 44.9 Å². The molecule has 0 aliphatic heterocycles. The van der Waals surface area contributed by atoms with Crippen LogP contribution in [0.3, 0.4) is 0 Å². The summed E-state index contributed by atoms with van der Waals surface area (Å²) >= 11 is 0. The van der Waals surface area contributed by atoms with Crippen molar-refractivity contribution in [1.82, 2.24) is 0 Å². The van der Waals surface area contributed by atoms with Crippen molar-refractivity contribution in [3.8, 4) is 0 Å². The summed E-state index contributed by atoms with van der Waals surface area (Å²) < 4.78 is 0. The molecule has 0 radical (unpaired) electrons. The van der Waals surface area contributed by atoms with Gasteiger partial charge in [0.15, 0.2) is 0 Å². The zero-order valence-corrected chi connectivity index (χ0v) is 12.2. The number of hydrogen-bond acceptors (Lipinski definition) is 2. The smallest absolute Gasteiger partial charge is 0.0600 e. The summed E-state index contributed by atoms with van der Waals surface area (Å²) in [4.78, 5) is 0. The molecule has 20 heavy (non-hydrogen) atoms. The summed E-state index contributed by atoms with van der Waals surface area (Å²) in [5.41, 5.74) is 6.05. The van der Waals surface area contributed by atoms with Gasteiger partial charge in [-0.1, -0.05) is 19.1 Å². The van der Waals surface area contributed by atoms with Crippen molar-refractivity contribution in [2.75, 3.05) is 0 Å². The number of aliphatic hydroxyl groups excluding tert-OH is 2. The maximum atomic E-state index is 10.3. The lowest BCUT2D eigenvalue weighted by Crippen LogP contribution is -2.36. The molecule has 108 valence electrons. The first-order chi connectivity index (χ1) is 9.59. The summed E-state index contributed by atoms with van der Waals surface area (Å²) in [6.07, 6.45) is 6.81. The number of aliphatic hydroxyl groups is 2. The third-order valence-corrected chi connectivity index (χ3v) is 6.32. The first kappa shape index (κ1) is 12.8. The van der Waals surface area contributed by atoms with Gasteiger partial charge in [-0.25, -0.2) is 0 Å². The SMILES string of the molecule is CC12CCc3c(ccc4c3CC[C@H](O)C4)C1CC[C@@H]2O. The van der Waals surface area contributed by atoms with E-state index in [1.807, 2.05) is 0 Å². The van der Waals surface area contributed by atoms with Crippen LogP contribution in [0.2, 0.25) is 0 Å². The highest BCUT2D eigenvalue weighted by molar-refractivity contribution is 5.47. The lowest BCUT2D eigenvalue weighted by Gasteiger charge is -2.41. The van der Waals surface area contributed by atoms with Gasteiger partial charge in [-0.15, -0.1) is 0 Å². The second-order valence-corrected chi connectivity index (χ2v) is 7.32. The molecule has 0 spiro atoms. The van der Waals surface area contributed by atoms with Gasteiger partial charge >= 0.3 is 0 Å². The Hall–Kier alpha value is -0.860. The van der Waals surface area contributed by atoms with Crippen molar-refractivity contribution < 1.29 is 10.2 Å². The summed E-state index contributed by atoms with van der Waals surface area (Å²) in [5, 5.41) is 20.2. The van der Waals surface area contributed by atoms with Gasteiger partial charge in [0.2, 0.25) is 0 Å². The van der Waals surface area contributed by atoms with Gasteiger partial charge in [0.05, 0.1) is 12.2 Å². The fraction of sp³-hybridized carbons (Fsp3) is 0.667. The van der Waals surface area contributed by atoms with Crippen molar-refractivity contribution in [3.63, 3.8) is 0 Å². The highest BCUT2D eigenvalue weighted by Crippen LogP contribution is 2.56. The van der Waals surface area contributed by atoms with Gasteiger partial charge in [0, 0.05) is 5.41 Å². The maximum Gasteiger partial charge on any atom is 0.0600 e. The number of hydrogen-bond donors (Lipinski definition) is 2. The molecule has 1 aromatic carbocycles. The molecule has 4 rings (SSSR count). The van der Waals surface area contributed by atoms with Crippen molar-refractivity contribution in [2.24, 2.45) is 5.41 Å². The molecule has 2 heteroatoms. The molecular weight excluding hydrogens is 248 g/mol. The average molecular weight is 272 g/mol. The largest absolute Gasteiger partial charge is 0.393 e. The van der Waals surface area contributed by atoms with Crippen LogP contribution < -0.4 is 0 Å². The molecule has 0 bridgehead atoms. The Balaban J connectivity index is 1.80. The Morgan fingerprint density at radius 1 is 1.05 bits per heavy atom. The second-order valence-electron chi connectivity index (χ2n) is 7.32. The van der Waals surface area contributed by atoms with Gasteiger partial charge < -0.3 is 10.2 Å². The van der Waals surface area contributed by atoms with Crippen molar-refractivity contribution >= 4 is 0 Å². The van der Waals surface area contributed by atoms with Crippen LogP contribution in [-0.4, -0.2) is 22.4 Å². The quantitative estimate of drug-likeness (QED) is 0.762. The summed E-state index contributed by atoms with van der Waals surface area (Å²) in [5.74, 6) is 0.540. The molecule has 4 atom stereocenters. The van der Waals surface area contributed by atoms with Crippen LogP contribution in [0.4, 0.5) is 0 Å². The molecule has 2 N–H and O–H groups in total.